The van der Waals surface area contributed by atoms with Crippen molar-refractivity contribution < 1.29 is 14.3 Å². The van der Waals surface area contributed by atoms with E-state index in [-0.39, 0.29) is 6.10 Å². The van der Waals surface area contributed by atoms with E-state index in [0.29, 0.717) is 17.4 Å². The molecule has 1 fully saturated rings. The van der Waals surface area contributed by atoms with Crippen LogP contribution >= 0.6 is 0 Å². The van der Waals surface area contributed by atoms with Gasteiger partial charge in [0, 0.05) is 12.5 Å². The molecule has 0 radical (unpaired) electrons. The number of anilines is 1. The second-order valence-electron chi connectivity index (χ2n) is 6.08. The second kappa shape index (κ2) is 8.03. The molecule has 1 aromatic carbocycles. The molecule has 0 bridgehead atoms. The molecule has 1 N–H and O–H groups in total. The van der Waals surface area contributed by atoms with Crippen LogP contribution < -0.4 is 10.1 Å². The predicted molar refractivity (Wildman–Crippen MR) is 87.4 cm³/mol. The SMILES string of the molecule is COc1ccccc1NC(=O)O[C@H]1CCCC[C@H]1CN(C)C. The Bertz CT molecular complexity index is 491. The number of nitrogens with zero attached hydrogens (tertiary/aromatic N) is 1. The highest BCUT2D eigenvalue weighted by Gasteiger charge is 2.28. The second-order valence-corrected chi connectivity index (χ2v) is 6.08. The van der Waals surface area contributed by atoms with E-state index in [9.17, 15) is 4.79 Å². The van der Waals surface area contributed by atoms with Crippen molar-refractivity contribution in [3.05, 3.63) is 24.3 Å². The van der Waals surface area contributed by atoms with Crippen LogP contribution in [0.2, 0.25) is 0 Å². The molecule has 0 spiro atoms. The number of amides is 1. The Morgan fingerprint density at radius 1 is 1.27 bits per heavy atom. The largest absolute Gasteiger partial charge is 0.495 e. The number of methoxy groups -OCH3 is 1. The number of nitrogens with one attached hydrogen (secondary N) is 1. The number of rotatable bonds is 5. The molecule has 0 saturated heterocycles. The van der Waals surface area contributed by atoms with Crippen molar-refractivity contribution in [2.45, 2.75) is 31.8 Å². The minimum atomic E-state index is -0.403. The zero-order valence-electron chi connectivity index (χ0n) is 13.7. The molecule has 1 aromatic rings. The maximum Gasteiger partial charge on any atom is 0.412 e. The summed E-state index contributed by atoms with van der Waals surface area (Å²) < 4.78 is 10.9. The van der Waals surface area contributed by atoms with Crippen molar-refractivity contribution in [2.24, 2.45) is 5.92 Å². The van der Waals surface area contributed by atoms with Crippen molar-refractivity contribution >= 4 is 11.8 Å². The van der Waals surface area contributed by atoms with E-state index in [4.69, 9.17) is 9.47 Å². The first-order valence-electron chi connectivity index (χ1n) is 7.85. The van der Waals surface area contributed by atoms with E-state index in [1.54, 1.807) is 13.2 Å². The van der Waals surface area contributed by atoms with E-state index < -0.39 is 6.09 Å². The van der Waals surface area contributed by atoms with Gasteiger partial charge in [-0.15, -0.1) is 0 Å². The molecule has 1 amide bonds. The third-order valence-corrected chi connectivity index (χ3v) is 4.04. The number of ether oxygens (including phenoxy) is 2. The van der Waals surface area contributed by atoms with Crippen LogP contribution in [0.4, 0.5) is 10.5 Å². The fraction of sp³-hybridized carbons (Fsp3) is 0.588. The normalized spacial score (nSPS) is 21.5. The minimum absolute atomic E-state index is 0.00847. The first kappa shape index (κ1) is 16.6. The van der Waals surface area contributed by atoms with E-state index in [2.05, 4.69) is 24.3 Å². The first-order chi connectivity index (χ1) is 10.6. The summed E-state index contributed by atoms with van der Waals surface area (Å²) in [5.41, 5.74) is 0.634. The van der Waals surface area contributed by atoms with Crippen LogP contribution in [0.3, 0.4) is 0 Å². The van der Waals surface area contributed by atoms with E-state index in [0.717, 1.165) is 25.8 Å². The summed E-state index contributed by atoms with van der Waals surface area (Å²) in [7, 11) is 5.70. The van der Waals surface area contributed by atoms with Gasteiger partial charge in [0.05, 0.1) is 12.8 Å². The quantitative estimate of drug-likeness (QED) is 0.906. The predicted octanol–water partition coefficient (Wildman–Crippen LogP) is 3.36. The molecule has 0 unspecified atom stereocenters. The summed E-state index contributed by atoms with van der Waals surface area (Å²) in [5, 5.41) is 2.78. The lowest BCUT2D eigenvalue weighted by molar-refractivity contribution is 0.0357. The molecule has 2 rings (SSSR count). The van der Waals surface area contributed by atoms with Gasteiger partial charge in [0.2, 0.25) is 0 Å². The highest BCUT2D eigenvalue weighted by atomic mass is 16.6. The van der Waals surface area contributed by atoms with E-state index in [1.807, 2.05) is 18.2 Å². The Morgan fingerprint density at radius 3 is 2.73 bits per heavy atom. The van der Waals surface area contributed by atoms with Gasteiger partial charge in [0.25, 0.3) is 0 Å². The molecule has 0 aromatic heterocycles. The Kier molecular flexibility index (Phi) is 6.07. The van der Waals surface area contributed by atoms with Gasteiger partial charge in [-0.2, -0.15) is 0 Å². The van der Waals surface area contributed by atoms with Gasteiger partial charge in [0.1, 0.15) is 11.9 Å². The van der Waals surface area contributed by atoms with Crippen LogP contribution in [0, 0.1) is 5.92 Å². The molecular formula is C17H26N2O3. The Morgan fingerprint density at radius 2 is 2.00 bits per heavy atom. The van der Waals surface area contributed by atoms with Crippen molar-refractivity contribution in [3.8, 4) is 5.75 Å². The maximum absolute atomic E-state index is 12.2. The van der Waals surface area contributed by atoms with Gasteiger partial charge in [-0.25, -0.2) is 4.79 Å². The molecule has 1 aliphatic rings. The highest BCUT2D eigenvalue weighted by molar-refractivity contribution is 5.86. The van der Waals surface area contributed by atoms with Crippen molar-refractivity contribution in [1.29, 1.82) is 0 Å². The zero-order valence-corrected chi connectivity index (χ0v) is 13.7. The minimum Gasteiger partial charge on any atom is -0.495 e. The summed E-state index contributed by atoms with van der Waals surface area (Å²) in [6.45, 7) is 0.951. The van der Waals surface area contributed by atoms with Crippen LogP contribution in [-0.4, -0.2) is 44.8 Å². The molecule has 122 valence electrons. The van der Waals surface area contributed by atoms with Crippen LogP contribution in [0.5, 0.6) is 5.75 Å². The van der Waals surface area contributed by atoms with Crippen LogP contribution in [0.1, 0.15) is 25.7 Å². The lowest BCUT2D eigenvalue weighted by atomic mass is 9.86. The zero-order chi connectivity index (χ0) is 15.9. The van der Waals surface area contributed by atoms with Gasteiger partial charge in [0.15, 0.2) is 0 Å². The molecule has 5 heteroatoms. The molecule has 5 nitrogen and oxygen atoms in total. The third kappa shape index (κ3) is 4.63. The Labute approximate surface area is 132 Å². The topological polar surface area (TPSA) is 50.8 Å². The molecule has 2 atom stereocenters. The summed E-state index contributed by atoms with van der Waals surface area (Å²) in [6.07, 6.45) is 3.98. The lowest BCUT2D eigenvalue weighted by Gasteiger charge is -2.32. The van der Waals surface area contributed by atoms with Crippen LogP contribution in [0.15, 0.2) is 24.3 Å². The number of hydrogen-bond acceptors (Lipinski definition) is 4. The molecule has 1 aliphatic carbocycles. The lowest BCUT2D eigenvalue weighted by Crippen LogP contribution is -2.37. The summed E-state index contributed by atoms with van der Waals surface area (Å²) >= 11 is 0. The molecule has 22 heavy (non-hydrogen) atoms. The number of benzene rings is 1. The van der Waals surface area contributed by atoms with Crippen molar-refractivity contribution in [1.82, 2.24) is 4.90 Å². The standard InChI is InChI=1S/C17H26N2O3/c1-19(2)12-13-8-4-6-10-15(13)22-17(20)18-14-9-5-7-11-16(14)21-3/h5,7,9,11,13,15H,4,6,8,10,12H2,1-3H3,(H,18,20)/t13-,15-/m0/s1. The van der Waals surface area contributed by atoms with Crippen molar-refractivity contribution in [3.63, 3.8) is 0 Å². The monoisotopic (exact) mass is 306 g/mol. The van der Waals surface area contributed by atoms with Crippen molar-refractivity contribution in [2.75, 3.05) is 33.1 Å². The summed E-state index contributed by atoms with van der Waals surface area (Å²) in [4.78, 5) is 14.3. The fourth-order valence-corrected chi connectivity index (χ4v) is 3.03. The van der Waals surface area contributed by atoms with E-state index >= 15 is 0 Å². The Hall–Kier alpha value is -1.75. The average Bonchev–Trinajstić information content (AvgIpc) is 2.49. The highest BCUT2D eigenvalue weighted by Crippen LogP contribution is 2.28. The number of para-hydroxylation sites is 2. The maximum atomic E-state index is 12.2. The number of hydrogen-bond donors (Lipinski definition) is 1. The molecule has 0 heterocycles. The summed E-state index contributed by atoms with van der Waals surface area (Å²) in [5.74, 6) is 1.04. The van der Waals surface area contributed by atoms with Crippen LogP contribution in [-0.2, 0) is 4.74 Å². The molecular weight excluding hydrogens is 280 g/mol. The number of carbonyl (C=O) groups is 1. The number of carbonyl (C=O) groups excluding carboxylic acids is 1. The smallest absolute Gasteiger partial charge is 0.412 e. The fourth-order valence-electron chi connectivity index (χ4n) is 3.03. The molecule has 1 saturated carbocycles. The third-order valence-electron chi connectivity index (χ3n) is 4.04. The van der Waals surface area contributed by atoms with Gasteiger partial charge in [-0.05, 0) is 45.5 Å². The molecule has 0 aliphatic heterocycles. The van der Waals surface area contributed by atoms with Gasteiger partial charge < -0.3 is 14.4 Å². The Balaban J connectivity index is 1.95. The van der Waals surface area contributed by atoms with Gasteiger partial charge in [-0.1, -0.05) is 18.6 Å². The van der Waals surface area contributed by atoms with E-state index in [1.165, 1.54) is 6.42 Å². The average molecular weight is 306 g/mol. The van der Waals surface area contributed by atoms with Crippen LogP contribution in [0.25, 0.3) is 0 Å². The summed E-state index contributed by atoms with van der Waals surface area (Å²) in [6, 6.07) is 7.33. The van der Waals surface area contributed by atoms with Gasteiger partial charge in [-0.3, -0.25) is 5.32 Å². The first-order valence-corrected chi connectivity index (χ1v) is 7.85. The van der Waals surface area contributed by atoms with Gasteiger partial charge >= 0.3 is 6.09 Å².